The Bertz CT molecular complexity index is 510. The summed E-state index contributed by atoms with van der Waals surface area (Å²) >= 11 is 0. The van der Waals surface area contributed by atoms with Crippen LogP contribution >= 0.6 is 0 Å². The smallest absolute Gasteiger partial charge is 0.289 e. The second kappa shape index (κ2) is 6.84. The van der Waals surface area contributed by atoms with Crippen LogP contribution in [0.1, 0.15) is 12.5 Å². The van der Waals surface area contributed by atoms with Gasteiger partial charge in [-0.1, -0.05) is 18.2 Å². The third-order valence-electron chi connectivity index (χ3n) is 3.05. The first-order valence-corrected chi connectivity index (χ1v) is 6.59. The van der Waals surface area contributed by atoms with Crippen LogP contribution in [0, 0.1) is 0 Å². The van der Waals surface area contributed by atoms with Gasteiger partial charge in [-0.05, 0) is 25.0 Å². The summed E-state index contributed by atoms with van der Waals surface area (Å²) < 4.78 is 15.9. The van der Waals surface area contributed by atoms with Gasteiger partial charge in [0.1, 0.15) is 24.7 Å². The van der Waals surface area contributed by atoms with Crippen LogP contribution in [-0.2, 0) is 20.7 Å². The van der Waals surface area contributed by atoms with Gasteiger partial charge in [-0.15, -0.1) is 0 Å². The predicted molar refractivity (Wildman–Crippen MR) is 74.3 cm³/mol. The molecule has 5 nitrogen and oxygen atoms in total. The first kappa shape index (κ1) is 14.2. The van der Waals surface area contributed by atoms with Crippen molar-refractivity contribution in [2.75, 3.05) is 26.9 Å². The molecule has 1 amide bonds. The lowest BCUT2D eigenvalue weighted by Gasteiger charge is -2.19. The van der Waals surface area contributed by atoms with E-state index in [1.54, 1.807) is 14.0 Å². The zero-order valence-corrected chi connectivity index (χ0v) is 11.8. The monoisotopic (exact) mass is 277 g/mol. The molecule has 0 radical (unpaired) electrons. The summed E-state index contributed by atoms with van der Waals surface area (Å²) in [5.74, 6) is 1.40. The molecular weight excluding hydrogens is 258 g/mol. The number of nitrogens with one attached hydrogen (secondary N) is 1. The van der Waals surface area contributed by atoms with Crippen LogP contribution in [0.3, 0.4) is 0 Å². The molecule has 1 aliphatic rings. The third kappa shape index (κ3) is 3.44. The lowest BCUT2D eigenvalue weighted by atomic mass is 10.1. The van der Waals surface area contributed by atoms with E-state index < -0.39 is 0 Å². The number of rotatable bonds is 5. The molecule has 0 fully saturated rings. The zero-order chi connectivity index (χ0) is 14.4. The van der Waals surface area contributed by atoms with Crippen LogP contribution in [0.5, 0.6) is 5.75 Å². The molecule has 0 spiro atoms. The minimum Gasteiger partial charge on any atom is -0.496 e. The Morgan fingerprint density at radius 1 is 1.30 bits per heavy atom. The number of ether oxygens (including phenoxy) is 3. The van der Waals surface area contributed by atoms with Gasteiger partial charge < -0.3 is 19.5 Å². The van der Waals surface area contributed by atoms with Gasteiger partial charge in [0.05, 0.1) is 7.11 Å². The largest absolute Gasteiger partial charge is 0.496 e. The molecule has 0 atom stereocenters. The standard InChI is InChI=1S/C15H19NO4/c1-11-14(20-10-9-19-11)15(17)16-8-7-12-5-3-4-6-13(12)18-2/h3-6H,7-10H2,1-2H3,(H,16,17). The van der Waals surface area contributed by atoms with Crippen molar-refractivity contribution in [2.45, 2.75) is 13.3 Å². The molecule has 0 aromatic heterocycles. The van der Waals surface area contributed by atoms with E-state index in [2.05, 4.69) is 5.32 Å². The molecule has 0 bridgehead atoms. The van der Waals surface area contributed by atoms with Gasteiger partial charge in [0.25, 0.3) is 5.91 Å². The number of para-hydroxylation sites is 1. The van der Waals surface area contributed by atoms with Gasteiger partial charge >= 0.3 is 0 Å². The van der Waals surface area contributed by atoms with Crippen molar-refractivity contribution in [2.24, 2.45) is 0 Å². The highest BCUT2D eigenvalue weighted by atomic mass is 16.6. The van der Waals surface area contributed by atoms with E-state index in [9.17, 15) is 4.79 Å². The van der Waals surface area contributed by atoms with Crippen molar-refractivity contribution in [3.05, 3.63) is 41.3 Å². The fraction of sp³-hybridized carbons (Fsp3) is 0.400. The van der Waals surface area contributed by atoms with Gasteiger partial charge in [0.15, 0.2) is 0 Å². The van der Waals surface area contributed by atoms with Gasteiger partial charge in [-0.25, -0.2) is 0 Å². The molecule has 0 unspecified atom stereocenters. The first-order valence-electron chi connectivity index (χ1n) is 6.59. The summed E-state index contributed by atoms with van der Waals surface area (Å²) in [4.78, 5) is 11.9. The quantitative estimate of drug-likeness (QED) is 0.889. The number of amides is 1. The number of carbonyl (C=O) groups is 1. The van der Waals surface area contributed by atoms with E-state index in [-0.39, 0.29) is 11.7 Å². The van der Waals surface area contributed by atoms with Crippen molar-refractivity contribution in [3.8, 4) is 5.75 Å². The lowest BCUT2D eigenvalue weighted by molar-refractivity contribution is -0.122. The molecule has 5 heteroatoms. The Hall–Kier alpha value is -2.17. The molecule has 108 valence electrons. The van der Waals surface area contributed by atoms with Gasteiger partial charge in [0, 0.05) is 6.54 Å². The molecule has 20 heavy (non-hydrogen) atoms. The molecule has 1 N–H and O–H groups in total. The van der Waals surface area contributed by atoms with Gasteiger partial charge in [0.2, 0.25) is 5.76 Å². The average molecular weight is 277 g/mol. The second-order valence-electron chi connectivity index (χ2n) is 4.40. The van der Waals surface area contributed by atoms with Gasteiger partial charge in [-0.2, -0.15) is 0 Å². The summed E-state index contributed by atoms with van der Waals surface area (Å²) in [6, 6.07) is 7.75. The third-order valence-corrected chi connectivity index (χ3v) is 3.05. The fourth-order valence-corrected chi connectivity index (χ4v) is 2.03. The number of methoxy groups -OCH3 is 1. The van der Waals surface area contributed by atoms with Crippen LogP contribution in [0.25, 0.3) is 0 Å². The molecule has 0 saturated carbocycles. The zero-order valence-electron chi connectivity index (χ0n) is 11.8. The number of allylic oxidation sites excluding steroid dienone is 1. The molecule has 1 heterocycles. The van der Waals surface area contributed by atoms with Crippen molar-refractivity contribution >= 4 is 5.91 Å². The molecular formula is C15H19NO4. The summed E-state index contributed by atoms with van der Waals surface area (Å²) in [6.07, 6.45) is 0.697. The molecule has 1 aliphatic heterocycles. The number of hydrogen-bond donors (Lipinski definition) is 1. The predicted octanol–water partition coefficient (Wildman–Crippen LogP) is 1.63. The van der Waals surface area contributed by atoms with E-state index in [1.807, 2.05) is 24.3 Å². The summed E-state index contributed by atoms with van der Waals surface area (Å²) in [7, 11) is 1.64. The second-order valence-corrected chi connectivity index (χ2v) is 4.40. The highest BCUT2D eigenvalue weighted by molar-refractivity contribution is 5.91. The highest BCUT2D eigenvalue weighted by Gasteiger charge is 2.19. The minimum absolute atomic E-state index is 0.239. The summed E-state index contributed by atoms with van der Waals surface area (Å²) in [5.41, 5.74) is 1.06. The average Bonchev–Trinajstić information content (AvgIpc) is 2.48. The van der Waals surface area contributed by atoms with E-state index in [4.69, 9.17) is 14.2 Å². The van der Waals surface area contributed by atoms with E-state index >= 15 is 0 Å². The Morgan fingerprint density at radius 3 is 2.80 bits per heavy atom. The SMILES string of the molecule is COc1ccccc1CCNC(=O)C1=C(C)OCCO1. The molecule has 2 rings (SSSR count). The lowest BCUT2D eigenvalue weighted by Crippen LogP contribution is -2.31. The molecule has 0 aliphatic carbocycles. The van der Waals surface area contributed by atoms with Crippen LogP contribution in [-0.4, -0.2) is 32.8 Å². The topological polar surface area (TPSA) is 56.8 Å². The molecule has 0 saturated heterocycles. The van der Waals surface area contributed by atoms with E-state index in [1.165, 1.54) is 0 Å². The first-order chi connectivity index (χ1) is 9.72. The highest BCUT2D eigenvalue weighted by Crippen LogP contribution is 2.17. The van der Waals surface area contributed by atoms with E-state index in [0.29, 0.717) is 31.9 Å². The molecule has 1 aromatic carbocycles. The van der Waals surface area contributed by atoms with Crippen LogP contribution < -0.4 is 10.1 Å². The van der Waals surface area contributed by atoms with E-state index in [0.717, 1.165) is 11.3 Å². The number of hydrogen-bond acceptors (Lipinski definition) is 4. The van der Waals surface area contributed by atoms with Crippen molar-refractivity contribution in [3.63, 3.8) is 0 Å². The Morgan fingerprint density at radius 2 is 2.05 bits per heavy atom. The molecule has 1 aromatic rings. The summed E-state index contributed by atoms with van der Waals surface area (Å²) in [6.45, 7) is 3.14. The summed E-state index contributed by atoms with van der Waals surface area (Å²) in [5, 5.41) is 2.83. The Balaban J connectivity index is 1.88. The Labute approximate surface area is 118 Å². The normalized spacial score (nSPS) is 14.3. The van der Waals surface area contributed by atoms with Crippen LogP contribution in [0.2, 0.25) is 0 Å². The maximum absolute atomic E-state index is 11.9. The fourth-order valence-electron chi connectivity index (χ4n) is 2.03. The maximum atomic E-state index is 11.9. The maximum Gasteiger partial charge on any atom is 0.289 e. The Kier molecular flexibility index (Phi) is 4.87. The minimum atomic E-state index is -0.239. The van der Waals surface area contributed by atoms with Crippen molar-refractivity contribution in [1.82, 2.24) is 5.32 Å². The number of carbonyl (C=O) groups excluding carboxylic acids is 1. The van der Waals surface area contributed by atoms with Crippen molar-refractivity contribution < 1.29 is 19.0 Å². The number of benzene rings is 1. The van der Waals surface area contributed by atoms with Crippen molar-refractivity contribution in [1.29, 1.82) is 0 Å². The van der Waals surface area contributed by atoms with Gasteiger partial charge in [-0.3, -0.25) is 4.79 Å². The van der Waals surface area contributed by atoms with Crippen LogP contribution in [0.15, 0.2) is 35.8 Å². The van der Waals surface area contributed by atoms with Crippen LogP contribution in [0.4, 0.5) is 0 Å².